The lowest BCUT2D eigenvalue weighted by molar-refractivity contribution is 0.0520. The van der Waals surface area contributed by atoms with E-state index < -0.39 is 17.6 Å². The summed E-state index contributed by atoms with van der Waals surface area (Å²) in [6.07, 6.45) is 3.21. The first-order valence-electron chi connectivity index (χ1n) is 10.9. The topological polar surface area (TPSA) is 111 Å². The van der Waals surface area contributed by atoms with Crippen LogP contribution in [0.25, 0.3) is 22.1 Å². The van der Waals surface area contributed by atoms with Gasteiger partial charge in [0, 0.05) is 18.7 Å². The minimum Gasteiger partial charge on any atom is -0.497 e. The van der Waals surface area contributed by atoms with Gasteiger partial charge in [0.15, 0.2) is 11.3 Å². The van der Waals surface area contributed by atoms with Gasteiger partial charge >= 0.3 is 5.97 Å². The van der Waals surface area contributed by atoms with Gasteiger partial charge in [0.1, 0.15) is 28.5 Å². The van der Waals surface area contributed by atoms with Gasteiger partial charge in [-0.2, -0.15) is 15.3 Å². The predicted molar refractivity (Wildman–Crippen MR) is 125 cm³/mol. The standard InChI is InChI=1S/C25H24N4O5/c1-5-33-24(30)21-23-20(27-28-21)17-12-18(25(2)10-11-26-29-25)16(13-19(17)34-23)22(32-4)14-6-8-15(31-3)9-7-14/h6-13,22H,5H2,1-4H3,(H,27,28). The van der Waals surface area contributed by atoms with Gasteiger partial charge in [0.2, 0.25) is 0 Å². The molecule has 2 aromatic carbocycles. The fourth-order valence-electron chi connectivity index (χ4n) is 4.32. The quantitative estimate of drug-likeness (QED) is 0.368. The van der Waals surface area contributed by atoms with E-state index >= 15 is 0 Å². The van der Waals surface area contributed by atoms with Gasteiger partial charge in [-0.15, -0.1) is 0 Å². The van der Waals surface area contributed by atoms with Crippen LogP contribution in [-0.4, -0.2) is 37.0 Å². The number of furan rings is 1. The molecule has 2 unspecified atom stereocenters. The van der Waals surface area contributed by atoms with Crippen LogP contribution in [0.2, 0.25) is 0 Å². The minimum absolute atomic E-state index is 0.182. The van der Waals surface area contributed by atoms with Crippen molar-refractivity contribution in [3.63, 3.8) is 0 Å². The van der Waals surface area contributed by atoms with E-state index in [0.29, 0.717) is 16.7 Å². The predicted octanol–water partition coefficient (Wildman–Crippen LogP) is 5.42. The summed E-state index contributed by atoms with van der Waals surface area (Å²) in [5.41, 5.74) is 3.66. The summed E-state index contributed by atoms with van der Waals surface area (Å²) >= 11 is 0. The van der Waals surface area contributed by atoms with Crippen LogP contribution < -0.4 is 4.74 Å². The van der Waals surface area contributed by atoms with Crippen molar-refractivity contribution < 1.29 is 23.4 Å². The van der Waals surface area contributed by atoms with Gasteiger partial charge in [-0.05, 0) is 60.9 Å². The molecular weight excluding hydrogens is 436 g/mol. The first-order valence-corrected chi connectivity index (χ1v) is 10.9. The maximum atomic E-state index is 12.4. The number of fused-ring (bicyclic) bond motifs is 3. The lowest BCUT2D eigenvalue weighted by Gasteiger charge is -2.26. The van der Waals surface area contributed by atoms with Crippen LogP contribution in [-0.2, 0) is 15.0 Å². The summed E-state index contributed by atoms with van der Waals surface area (Å²) in [5, 5.41) is 16.4. The van der Waals surface area contributed by atoms with Crippen molar-refractivity contribution in [1.82, 2.24) is 10.2 Å². The number of carbonyl (C=O) groups excluding carboxylic acids is 1. The Kier molecular flexibility index (Phi) is 5.41. The zero-order chi connectivity index (χ0) is 23.9. The number of nitrogens with one attached hydrogen (secondary N) is 1. The number of nitrogens with zero attached hydrogens (tertiary/aromatic N) is 3. The van der Waals surface area contributed by atoms with Crippen molar-refractivity contribution in [3.05, 3.63) is 71.1 Å². The summed E-state index contributed by atoms with van der Waals surface area (Å²) in [6, 6.07) is 11.6. The van der Waals surface area contributed by atoms with Gasteiger partial charge < -0.3 is 18.6 Å². The highest BCUT2D eigenvalue weighted by atomic mass is 16.5. The number of H-pyrrole nitrogens is 1. The molecule has 2 aromatic heterocycles. The summed E-state index contributed by atoms with van der Waals surface area (Å²) in [7, 11) is 3.29. The molecule has 2 atom stereocenters. The molecule has 9 nitrogen and oxygen atoms in total. The van der Waals surface area contributed by atoms with Crippen molar-refractivity contribution in [2.24, 2.45) is 10.2 Å². The number of hydrogen-bond acceptors (Lipinski definition) is 8. The molecule has 0 amide bonds. The van der Waals surface area contributed by atoms with E-state index in [1.54, 1.807) is 27.3 Å². The van der Waals surface area contributed by atoms with Crippen LogP contribution in [0.5, 0.6) is 5.75 Å². The second kappa shape index (κ2) is 8.42. The third-order valence-electron chi connectivity index (χ3n) is 6.03. The largest absolute Gasteiger partial charge is 0.497 e. The third-order valence-corrected chi connectivity index (χ3v) is 6.03. The number of hydrogen-bond donors (Lipinski definition) is 1. The van der Waals surface area contributed by atoms with E-state index in [9.17, 15) is 4.79 Å². The molecule has 3 heterocycles. The molecule has 0 aliphatic carbocycles. The van der Waals surface area contributed by atoms with Crippen molar-refractivity contribution in [1.29, 1.82) is 0 Å². The number of methoxy groups -OCH3 is 2. The van der Waals surface area contributed by atoms with E-state index in [4.69, 9.17) is 18.6 Å². The molecule has 34 heavy (non-hydrogen) atoms. The van der Waals surface area contributed by atoms with Crippen LogP contribution in [0, 0.1) is 0 Å². The lowest BCUT2D eigenvalue weighted by atomic mass is 9.84. The Bertz CT molecular complexity index is 1420. The maximum Gasteiger partial charge on any atom is 0.360 e. The van der Waals surface area contributed by atoms with Gasteiger partial charge in [0.25, 0.3) is 0 Å². The average molecular weight is 460 g/mol. The van der Waals surface area contributed by atoms with Crippen LogP contribution in [0.15, 0.2) is 63.3 Å². The number of aromatic nitrogens is 2. The molecule has 0 spiro atoms. The molecule has 1 aliphatic heterocycles. The summed E-state index contributed by atoms with van der Waals surface area (Å²) in [4.78, 5) is 12.4. The Hall–Kier alpha value is -3.98. The molecular formula is C25H24N4O5. The molecule has 0 radical (unpaired) electrons. The summed E-state index contributed by atoms with van der Waals surface area (Å²) in [5.74, 6) is 0.240. The normalized spacial score (nSPS) is 18.1. The Labute approximate surface area is 195 Å². The zero-order valence-corrected chi connectivity index (χ0v) is 19.3. The minimum atomic E-state index is -0.698. The lowest BCUT2D eigenvalue weighted by Crippen LogP contribution is -2.19. The average Bonchev–Trinajstić information content (AvgIpc) is 3.55. The highest BCUT2D eigenvalue weighted by Crippen LogP contribution is 2.43. The van der Waals surface area contributed by atoms with Crippen molar-refractivity contribution >= 4 is 28.0 Å². The molecule has 174 valence electrons. The molecule has 9 heteroatoms. The monoisotopic (exact) mass is 460 g/mol. The zero-order valence-electron chi connectivity index (χ0n) is 19.3. The molecule has 1 aliphatic rings. The van der Waals surface area contributed by atoms with Crippen molar-refractivity contribution in [2.45, 2.75) is 25.5 Å². The van der Waals surface area contributed by atoms with E-state index in [0.717, 1.165) is 27.8 Å². The SMILES string of the molecule is CCOC(=O)c1[nH]nc2c1oc1cc(C(OC)c3ccc(OC)cc3)c(C3(C)C=CN=N3)cc12. The van der Waals surface area contributed by atoms with Gasteiger partial charge in [0.05, 0.1) is 13.7 Å². The molecule has 5 rings (SSSR count). The second-order valence-corrected chi connectivity index (χ2v) is 8.10. The van der Waals surface area contributed by atoms with Gasteiger partial charge in [-0.25, -0.2) is 4.79 Å². The molecule has 4 aromatic rings. The fraction of sp³-hybridized carbons (Fsp3) is 0.280. The number of benzene rings is 2. The van der Waals surface area contributed by atoms with Crippen molar-refractivity contribution in [2.75, 3.05) is 20.8 Å². The van der Waals surface area contributed by atoms with Crippen LogP contribution >= 0.6 is 0 Å². The Balaban J connectivity index is 1.73. The van der Waals surface area contributed by atoms with Gasteiger partial charge in [-0.3, -0.25) is 5.10 Å². The number of aromatic amines is 1. The van der Waals surface area contributed by atoms with E-state index in [1.165, 1.54) is 0 Å². The first-order chi connectivity index (χ1) is 16.5. The fourth-order valence-corrected chi connectivity index (χ4v) is 4.32. The van der Waals surface area contributed by atoms with Gasteiger partial charge in [-0.1, -0.05) is 12.1 Å². The number of azo groups is 1. The summed E-state index contributed by atoms with van der Waals surface area (Å²) in [6.45, 7) is 3.98. The Morgan fingerprint density at radius 1 is 1.21 bits per heavy atom. The smallest absolute Gasteiger partial charge is 0.360 e. The molecule has 0 fully saturated rings. The first kappa shape index (κ1) is 21.8. The molecule has 0 saturated carbocycles. The molecule has 1 N–H and O–H groups in total. The molecule has 0 bridgehead atoms. The van der Waals surface area contributed by atoms with Crippen LogP contribution in [0.1, 0.15) is 47.1 Å². The van der Waals surface area contributed by atoms with E-state index in [1.807, 2.05) is 49.4 Å². The molecule has 0 saturated heterocycles. The number of rotatable bonds is 7. The Morgan fingerprint density at radius 2 is 2.00 bits per heavy atom. The highest BCUT2D eigenvalue weighted by Gasteiger charge is 2.33. The Morgan fingerprint density at radius 3 is 2.65 bits per heavy atom. The third kappa shape index (κ3) is 3.45. The number of carbonyl (C=O) groups is 1. The number of ether oxygens (including phenoxy) is 3. The van der Waals surface area contributed by atoms with E-state index in [2.05, 4.69) is 20.4 Å². The van der Waals surface area contributed by atoms with Crippen LogP contribution in [0.4, 0.5) is 0 Å². The van der Waals surface area contributed by atoms with E-state index in [-0.39, 0.29) is 12.3 Å². The second-order valence-electron chi connectivity index (χ2n) is 8.10. The summed E-state index contributed by atoms with van der Waals surface area (Å²) < 4.78 is 22.5. The number of esters is 1. The maximum absolute atomic E-state index is 12.4. The van der Waals surface area contributed by atoms with Crippen molar-refractivity contribution in [3.8, 4) is 5.75 Å². The van der Waals surface area contributed by atoms with Crippen LogP contribution in [0.3, 0.4) is 0 Å². The highest BCUT2D eigenvalue weighted by molar-refractivity contribution is 6.09.